The van der Waals surface area contributed by atoms with Crippen LogP contribution in [0.15, 0.2) is 50.2 Å². The van der Waals surface area contributed by atoms with Gasteiger partial charge in [0.25, 0.3) is 0 Å². The minimum Gasteiger partial charge on any atom is -0.505 e. The second-order valence-electron chi connectivity index (χ2n) is 8.17. The molecule has 0 N–H and O–H groups in total. The Bertz CT molecular complexity index is 1120. The maximum Gasteiger partial charge on any atom is 0.541 e. The van der Waals surface area contributed by atoms with Gasteiger partial charge in [-0.1, -0.05) is 57.5 Å². The lowest BCUT2D eigenvalue weighted by atomic mass is 9.91. The summed E-state index contributed by atoms with van der Waals surface area (Å²) < 4.78 is 39.6. The average molecular weight is 593 g/mol. The molecule has 1 saturated carbocycles. The van der Waals surface area contributed by atoms with Crippen molar-refractivity contribution < 1.29 is 12.8 Å². The van der Waals surface area contributed by atoms with Gasteiger partial charge in [-0.05, 0) is 60.0 Å². The molecular weight excluding hydrogens is 572 g/mol. The van der Waals surface area contributed by atoms with E-state index in [1.165, 1.54) is 0 Å². The smallest absolute Gasteiger partial charge is 0.505 e. The summed E-state index contributed by atoms with van der Waals surface area (Å²) in [4.78, 5) is 0.274. The predicted molar refractivity (Wildman–Crippen MR) is 126 cm³/mol. The first-order chi connectivity index (χ1) is 14.2. The van der Waals surface area contributed by atoms with Crippen LogP contribution in [0.5, 0.6) is 5.75 Å². The molecule has 1 unspecified atom stereocenters. The van der Waals surface area contributed by atoms with Gasteiger partial charge in [0.05, 0.1) is 9.37 Å². The van der Waals surface area contributed by atoms with Crippen molar-refractivity contribution in [2.75, 3.05) is 0 Å². The fourth-order valence-corrected chi connectivity index (χ4v) is 14.4. The number of nitrogens with zero attached hydrogens (tertiary/aromatic N) is 2. The van der Waals surface area contributed by atoms with Gasteiger partial charge in [0, 0.05) is 28.7 Å². The van der Waals surface area contributed by atoms with Crippen LogP contribution >= 0.6 is 42.9 Å². The Balaban J connectivity index is 1.66. The lowest BCUT2D eigenvalue weighted by molar-refractivity contribution is 0.217. The van der Waals surface area contributed by atoms with Crippen LogP contribution in [-0.4, -0.2) is 37.0 Å². The first-order valence-electron chi connectivity index (χ1n) is 9.95. The Morgan fingerprint density at radius 2 is 1.77 bits per heavy atom. The second-order valence-corrected chi connectivity index (χ2v) is 15.9. The van der Waals surface area contributed by atoms with E-state index in [9.17, 15) is 8.42 Å². The monoisotopic (exact) mass is 590 g/mol. The highest BCUT2D eigenvalue weighted by Gasteiger charge is 2.69. The first kappa shape index (κ1) is 21.4. The molecule has 2 aromatic rings. The summed E-state index contributed by atoms with van der Waals surface area (Å²) in [6, 6.07) is 10.8. The van der Waals surface area contributed by atoms with Crippen molar-refractivity contribution >= 4 is 60.9 Å². The molecule has 3 atom stereocenters. The third-order valence-electron chi connectivity index (χ3n) is 6.26. The lowest BCUT2D eigenvalue weighted by Crippen LogP contribution is -2.63. The van der Waals surface area contributed by atoms with Gasteiger partial charge in [-0.25, -0.2) is 8.42 Å². The Kier molecular flexibility index (Phi) is 5.41. The van der Waals surface area contributed by atoms with Crippen LogP contribution in [0.2, 0.25) is 0 Å². The van der Waals surface area contributed by atoms with Gasteiger partial charge in [-0.2, -0.15) is 3.97 Å². The van der Waals surface area contributed by atoms with Crippen LogP contribution < -0.4 is 4.43 Å². The number of benzene rings is 2. The van der Waals surface area contributed by atoms with Crippen LogP contribution in [0, 0.1) is 6.92 Å². The number of fused-ring (bicyclic) bond motifs is 4. The fourth-order valence-electron chi connectivity index (χ4n) is 4.89. The van der Waals surface area contributed by atoms with E-state index in [0.29, 0.717) is 12.3 Å². The van der Waals surface area contributed by atoms with E-state index >= 15 is 0 Å². The summed E-state index contributed by atoms with van der Waals surface area (Å²) in [6.45, 7) is 2.53. The molecule has 30 heavy (non-hydrogen) atoms. The van der Waals surface area contributed by atoms with Gasteiger partial charge in [-0.15, -0.1) is 0 Å². The largest absolute Gasteiger partial charge is 0.541 e. The summed E-state index contributed by atoms with van der Waals surface area (Å²) in [7, 11) is -7.29. The summed E-state index contributed by atoms with van der Waals surface area (Å²) >= 11 is 14.4. The van der Waals surface area contributed by atoms with E-state index < -0.39 is 18.0 Å². The molecule has 5 nitrogen and oxygen atoms in total. The normalized spacial score (nSPS) is 29.1. The standard InChI is InChI=1S/C20H21Br2ClN2O3SSi/c1-13-6-8-16(9-7-13)29(26,27)25-19-5-3-2-4-18(19)24-12-14-10-15(21)11-17(22)20(14)28-30(24,25)23/h6-11,18-19H,2-5,12H2,1H3/t18-,19-,30?/m1/s1. The number of aryl methyl sites for hydroxylation is 1. The zero-order valence-electron chi connectivity index (χ0n) is 16.3. The van der Waals surface area contributed by atoms with Gasteiger partial charge >= 0.3 is 7.95 Å². The lowest BCUT2D eigenvalue weighted by Gasteiger charge is -2.40. The van der Waals surface area contributed by atoms with Crippen molar-refractivity contribution in [1.29, 1.82) is 0 Å². The van der Waals surface area contributed by atoms with Crippen LogP contribution in [0.4, 0.5) is 0 Å². The summed E-state index contributed by atoms with van der Waals surface area (Å²) in [6.07, 6.45) is 3.81. The van der Waals surface area contributed by atoms with Crippen molar-refractivity contribution in [1.82, 2.24) is 8.54 Å². The molecule has 2 aliphatic heterocycles. The molecule has 0 aromatic heterocycles. The van der Waals surface area contributed by atoms with Crippen molar-refractivity contribution in [3.8, 4) is 5.75 Å². The number of hydrogen-bond donors (Lipinski definition) is 0. The van der Waals surface area contributed by atoms with Crippen LogP contribution in [0.3, 0.4) is 0 Å². The highest BCUT2D eigenvalue weighted by atomic mass is 79.9. The van der Waals surface area contributed by atoms with E-state index in [4.69, 9.17) is 15.5 Å². The van der Waals surface area contributed by atoms with Gasteiger partial charge in [0.15, 0.2) is 0 Å². The van der Waals surface area contributed by atoms with Crippen molar-refractivity contribution in [3.05, 3.63) is 56.5 Å². The van der Waals surface area contributed by atoms with E-state index in [-0.39, 0.29) is 17.0 Å². The molecule has 0 radical (unpaired) electrons. The molecule has 3 aliphatic rings. The first-order valence-corrected chi connectivity index (χ1v) is 15.8. The third-order valence-corrected chi connectivity index (χ3v) is 14.7. The highest BCUT2D eigenvalue weighted by molar-refractivity contribution is 9.11. The summed E-state index contributed by atoms with van der Waals surface area (Å²) in [5.74, 6) is 0.652. The van der Waals surface area contributed by atoms with Gasteiger partial charge < -0.3 is 4.43 Å². The van der Waals surface area contributed by atoms with E-state index in [1.807, 2.05) is 31.2 Å². The summed E-state index contributed by atoms with van der Waals surface area (Å²) in [5.41, 5.74) is 2.03. The Morgan fingerprint density at radius 1 is 1.10 bits per heavy atom. The number of hydrogen-bond acceptors (Lipinski definition) is 4. The molecule has 0 spiro atoms. The molecule has 0 amide bonds. The fraction of sp³-hybridized carbons (Fsp3) is 0.400. The zero-order valence-corrected chi connectivity index (χ0v) is 22.1. The Morgan fingerprint density at radius 3 is 2.47 bits per heavy atom. The molecular formula is C20H21Br2ClN2O3SSi. The maximum atomic E-state index is 13.9. The van der Waals surface area contributed by atoms with Crippen molar-refractivity contribution in [2.24, 2.45) is 0 Å². The maximum absolute atomic E-state index is 13.9. The highest BCUT2D eigenvalue weighted by Crippen LogP contribution is 2.51. The second kappa shape index (κ2) is 7.57. The molecule has 2 aromatic carbocycles. The zero-order chi connectivity index (χ0) is 21.3. The summed E-state index contributed by atoms with van der Waals surface area (Å²) in [5, 5.41) is 0. The van der Waals surface area contributed by atoms with Crippen LogP contribution in [0.25, 0.3) is 0 Å². The Hall–Kier alpha value is -0.423. The van der Waals surface area contributed by atoms with Gasteiger partial charge in [0.1, 0.15) is 5.75 Å². The molecule has 160 valence electrons. The molecule has 2 fully saturated rings. The average Bonchev–Trinajstić information content (AvgIpc) is 2.95. The minimum absolute atomic E-state index is 0.0778. The molecule has 2 heterocycles. The molecule has 5 rings (SSSR count). The number of sulfonamides is 1. The minimum atomic E-state index is -3.81. The number of halogens is 3. The third kappa shape index (κ3) is 3.24. The van der Waals surface area contributed by atoms with E-state index in [0.717, 1.165) is 45.8 Å². The predicted octanol–water partition coefficient (Wildman–Crippen LogP) is 5.40. The van der Waals surface area contributed by atoms with E-state index in [1.54, 1.807) is 16.1 Å². The molecule has 10 heteroatoms. The van der Waals surface area contributed by atoms with E-state index in [2.05, 4.69) is 36.4 Å². The van der Waals surface area contributed by atoms with Crippen molar-refractivity contribution in [2.45, 2.75) is 56.1 Å². The Labute approximate surface area is 199 Å². The number of rotatable bonds is 2. The van der Waals surface area contributed by atoms with Crippen molar-refractivity contribution in [3.63, 3.8) is 0 Å². The van der Waals surface area contributed by atoms with Crippen LogP contribution in [-0.2, 0) is 16.6 Å². The molecule has 0 bridgehead atoms. The SMILES string of the molecule is Cc1ccc(S(=O)(=O)N2[C@@H]3CCCC[C@H]3N3Cc4cc(Br)cc(Br)c4O[Si]32Cl)cc1. The molecule has 1 aliphatic carbocycles. The topological polar surface area (TPSA) is 49.9 Å². The van der Waals surface area contributed by atoms with Gasteiger partial charge in [-0.3, -0.25) is 4.57 Å². The molecule has 1 saturated heterocycles. The van der Waals surface area contributed by atoms with Gasteiger partial charge in [0.2, 0.25) is 10.0 Å². The van der Waals surface area contributed by atoms with Crippen LogP contribution in [0.1, 0.15) is 36.8 Å². The quantitative estimate of drug-likeness (QED) is 0.346.